The van der Waals surface area contributed by atoms with Gasteiger partial charge in [0.25, 0.3) is 0 Å². The summed E-state index contributed by atoms with van der Waals surface area (Å²) in [5.41, 5.74) is 1.86. The summed E-state index contributed by atoms with van der Waals surface area (Å²) in [5, 5.41) is 3.37. The van der Waals surface area contributed by atoms with Crippen LogP contribution in [0.2, 0.25) is 0 Å². The summed E-state index contributed by atoms with van der Waals surface area (Å²) in [4.78, 5) is 1.01. The second kappa shape index (κ2) is 7.57. The fourth-order valence-electron chi connectivity index (χ4n) is 2.20. The molecule has 2 aromatic carbocycles. The van der Waals surface area contributed by atoms with E-state index in [2.05, 4.69) is 5.32 Å². The van der Waals surface area contributed by atoms with Crippen LogP contribution in [0.5, 0.6) is 0 Å². The minimum Gasteiger partial charge on any atom is -0.309 e. The van der Waals surface area contributed by atoms with Gasteiger partial charge in [-0.15, -0.1) is 11.8 Å². The van der Waals surface area contributed by atoms with Crippen LogP contribution in [-0.4, -0.2) is 12.3 Å². The van der Waals surface area contributed by atoms with E-state index in [4.69, 9.17) is 0 Å². The third-order valence-electron chi connectivity index (χ3n) is 3.15. The van der Waals surface area contributed by atoms with Crippen LogP contribution in [0.4, 0.5) is 8.78 Å². The normalized spacial score (nSPS) is 12.4. The summed E-state index contributed by atoms with van der Waals surface area (Å²) in [5.74, 6) is 0.325. The highest BCUT2D eigenvalue weighted by Gasteiger charge is 2.12. The van der Waals surface area contributed by atoms with Crippen LogP contribution in [-0.2, 0) is 0 Å². The van der Waals surface area contributed by atoms with Crippen LogP contribution in [0.3, 0.4) is 0 Å². The summed E-state index contributed by atoms with van der Waals surface area (Å²) in [6.07, 6.45) is 0. The maximum atomic E-state index is 13.6. The second-order valence-electron chi connectivity index (χ2n) is 4.94. The third kappa shape index (κ3) is 4.83. The van der Waals surface area contributed by atoms with Crippen LogP contribution in [0, 0.1) is 18.6 Å². The molecule has 21 heavy (non-hydrogen) atoms. The Morgan fingerprint density at radius 1 is 1.05 bits per heavy atom. The van der Waals surface area contributed by atoms with Crippen molar-refractivity contribution in [3.05, 3.63) is 65.2 Å². The summed E-state index contributed by atoms with van der Waals surface area (Å²) in [6.45, 7) is 4.73. The Hall–Kier alpha value is -1.39. The van der Waals surface area contributed by atoms with Gasteiger partial charge in [-0.05, 0) is 61.0 Å². The fourth-order valence-corrected chi connectivity index (χ4v) is 3.19. The van der Waals surface area contributed by atoms with Gasteiger partial charge in [-0.1, -0.05) is 13.0 Å². The van der Waals surface area contributed by atoms with Crippen molar-refractivity contribution in [3.8, 4) is 0 Å². The monoisotopic (exact) mass is 307 g/mol. The van der Waals surface area contributed by atoms with Crippen molar-refractivity contribution in [2.24, 2.45) is 0 Å². The number of benzene rings is 2. The largest absolute Gasteiger partial charge is 0.309 e. The van der Waals surface area contributed by atoms with Gasteiger partial charge in [0, 0.05) is 16.7 Å². The van der Waals surface area contributed by atoms with Crippen LogP contribution in [0.1, 0.15) is 24.1 Å². The smallest absolute Gasteiger partial charge is 0.123 e. The molecular formula is C17H19F2NS. The summed E-state index contributed by atoms with van der Waals surface area (Å²) < 4.78 is 26.5. The molecule has 0 saturated heterocycles. The first-order chi connectivity index (χ1) is 10.1. The Balaban J connectivity index is 2.09. The molecule has 0 spiro atoms. The van der Waals surface area contributed by atoms with Gasteiger partial charge >= 0.3 is 0 Å². The highest BCUT2D eigenvalue weighted by molar-refractivity contribution is 7.99. The number of thioether (sulfide) groups is 1. The molecule has 1 unspecified atom stereocenters. The summed E-state index contributed by atoms with van der Waals surface area (Å²) in [7, 11) is 0. The molecule has 0 aliphatic heterocycles. The van der Waals surface area contributed by atoms with Crippen LogP contribution >= 0.6 is 11.8 Å². The van der Waals surface area contributed by atoms with Crippen molar-refractivity contribution in [1.29, 1.82) is 0 Å². The van der Waals surface area contributed by atoms with E-state index in [0.717, 1.165) is 28.3 Å². The molecule has 0 heterocycles. The first kappa shape index (κ1) is 16.0. The molecule has 0 aromatic heterocycles. The lowest BCUT2D eigenvalue weighted by Crippen LogP contribution is -2.23. The van der Waals surface area contributed by atoms with Crippen LogP contribution < -0.4 is 5.32 Å². The minimum absolute atomic E-state index is 0.0689. The fraction of sp³-hybridized carbons (Fsp3) is 0.294. The second-order valence-corrected chi connectivity index (χ2v) is 6.03. The van der Waals surface area contributed by atoms with Gasteiger partial charge in [0.05, 0.1) is 0 Å². The van der Waals surface area contributed by atoms with Gasteiger partial charge in [0.15, 0.2) is 0 Å². The first-order valence-corrected chi connectivity index (χ1v) is 7.96. The molecule has 0 aliphatic carbocycles. The molecule has 0 amide bonds. The molecule has 112 valence electrons. The summed E-state index contributed by atoms with van der Waals surface area (Å²) >= 11 is 1.63. The Kier molecular flexibility index (Phi) is 5.76. The van der Waals surface area contributed by atoms with E-state index in [1.165, 1.54) is 18.2 Å². The standard InChI is InChI=1S/C17H19F2NS/c1-3-20-17(13-8-12(2)9-15(19)10-13)11-21-16-6-4-14(18)5-7-16/h4-10,17,20H,3,11H2,1-2H3. The van der Waals surface area contributed by atoms with Gasteiger partial charge < -0.3 is 5.32 Å². The lowest BCUT2D eigenvalue weighted by Gasteiger charge is -2.18. The molecule has 1 atom stereocenters. The molecule has 1 N–H and O–H groups in total. The zero-order valence-corrected chi connectivity index (χ0v) is 13.0. The SMILES string of the molecule is CCNC(CSc1ccc(F)cc1)c1cc(C)cc(F)c1. The molecule has 0 aliphatic rings. The average molecular weight is 307 g/mol. The molecule has 2 rings (SSSR count). The number of hydrogen-bond donors (Lipinski definition) is 1. The van der Waals surface area contributed by atoms with Crippen molar-refractivity contribution in [1.82, 2.24) is 5.32 Å². The highest BCUT2D eigenvalue weighted by atomic mass is 32.2. The number of halogens is 2. The van der Waals surface area contributed by atoms with Gasteiger partial charge in [-0.3, -0.25) is 0 Å². The predicted molar refractivity (Wildman–Crippen MR) is 84.7 cm³/mol. The van der Waals surface area contributed by atoms with E-state index in [-0.39, 0.29) is 17.7 Å². The maximum absolute atomic E-state index is 13.6. The Morgan fingerprint density at radius 3 is 2.38 bits per heavy atom. The zero-order valence-electron chi connectivity index (χ0n) is 12.2. The van der Waals surface area contributed by atoms with E-state index in [1.54, 1.807) is 30.0 Å². The van der Waals surface area contributed by atoms with Gasteiger partial charge in [-0.2, -0.15) is 0 Å². The van der Waals surface area contributed by atoms with Crippen LogP contribution in [0.15, 0.2) is 47.4 Å². The van der Waals surface area contributed by atoms with E-state index in [0.29, 0.717) is 0 Å². The van der Waals surface area contributed by atoms with E-state index in [1.807, 2.05) is 19.9 Å². The van der Waals surface area contributed by atoms with E-state index in [9.17, 15) is 8.78 Å². The number of rotatable bonds is 6. The topological polar surface area (TPSA) is 12.0 Å². The predicted octanol–water partition coefficient (Wildman–Crippen LogP) is 4.72. The maximum Gasteiger partial charge on any atom is 0.123 e. The first-order valence-electron chi connectivity index (χ1n) is 6.97. The van der Waals surface area contributed by atoms with Gasteiger partial charge in [0.1, 0.15) is 11.6 Å². The molecule has 1 nitrogen and oxygen atoms in total. The molecule has 0 radical (unpaired) electrons. The van der Waals surface area contributed by atoms with Crippen LogP contribution in [0.25, 0.3) is 0 Å². The van der Waals surface area contributed by atoms with Crippen molar-refractivity contribution in [2.75, 3.05) is 12.3 Å². The van der Waals surface area contributed by atoms with Crippen molar-refractivity contribution < 1.29 is 8.78 Å². The van der Waals surface area contributed by atoms with Crippen molar-refractivity contribution in [3.63, 3.8) is 0 Å². The average Bonchev–Trinajstić information content (AvgIpc) is 2.44. The minimum atomic E-state index is -0.233. The number of hydrogen-bond acceptors (Lipinski definition) is 2. The number of nitrogens with one attached hydrogen (secondary N) is 1. The molecular weight excluding hydrogens is 288 g/mol. The van der Waals surface area contributed by atoms with Gasteiger partial charge in [0.2, 0.25) is 0 Å². The van der Waals surface area contributed by atoms with Crippen molar-refractivity contribution in [2.45, 2.75) is 24.8 Å². The van der Waals surface area contributed by atoms with Crippen molar-refractivity contribution >= 4 is 11.8 Å². The molecule has 2 aromatic rings. The molecule has 0 fully saturated rings. The highest BCUT2D eigenvalue weighted by Crippen LogP contribution is 2.26. The molecule has 0 bridgehead atoms. The lowest BCUT2D eigenvalue weighted by atomic mass is 10.1. The van der Waals surface area contributed by atoms with E-state index < -0.39 is 0 Å². The van der Waals surface area contributed by atoms with Gasteiger partial charge in [-0.25, -0.2) is 8.78 Å². The Morgan fingerprint density at radius 2 is 1.76 bits per heavy atom. The quantitative estimate of drug-likeness (QED) is 0.775. The third-order valence-corrected chi connectivity index (χ3v) is 4.25. The Bertz CT molecular complexity index is 564. The van der Waals surface area contributed by atoms with E-state index >= 15 is 0 Å². The zero-order chi connectivity index (χ0) is 15.2. The Labute approximate surface area is 128 Å². The number of aryl methyl sites for hydroxylation is 1. The lowest BCUT2D eigenvalue weighted by molar-refractivity contribution is 0.587. The molecule has 0 saturated carbocycles. The molecule has 4 heteroatoms. The summed E-state index contributed by atoms with van der Waals surface area (Å²) in [6, 6.07) is 11.6.